The Bertz CT molecular complexity index is 2610. The summed E-state index contributed by atoms with van der Waals surface area (Å²) in [6, 6.07) is 61.2. The number of rotatable bonds is 4. The fraction of sp³-hybridized carbons (Fsp3) is 0.0638. The van der Waals surface area contributed by atoms with Crippen LogP contribution in [-0.2, 0) is 5.41 Å². The molecule has 0 unspecified atom stereocenters. The van der Waals surface area contributed by atoms with Gasteiger partial charge in [0.25, 0.3) is 0 Å². The van der Waals surface area contributed by atoms with Gasteiger partial charge in [0.15, 0.2) is 11.5 Å². The lowest BCUT2D eigenvalue weighted by atomic mass is 9.72. The molecule has 10 rings (SSSR count). The molecular formula is C47H34N2O. The molecule has 0 aromatic heterocycles. The van der Waals surface area contributed by atoms with Gasteiger partial charge >= 0.3 is 0 Å². The average molecular weight is 643 g/mol. The third-order valence-electron chi connectivity index (χ3n) is 10.6. The summed E-state index contributed by atoms with van der Waals surface area (Å²) >= 11 is 0. The summed E-state index contributed by atoms with van der Waals surface area (Å²) in [7, 11) is 0. The topological polar surface area (TPSA) is 15.7 Å². The van der Waals surface area contributed by atoms with Crippen molar-refractivity contribution in [3.05, 3.63) is 181 Å². The van der Waals surface area contributed by atoms with Gasteiger partial charge < -0.3 is 14.5 Å². The first-order valence-electron chi connectivity index (χ1n) is 17.3. The number of fused-ring (bicyclic) bond motifs is 7. The van der Waals surface area contributed by atoms with Gasteiger partial charge in [0.2, 0.25) is 0 Å². The molecular weight excluding hydrogens is 609 g/mol. The predicted molar refractivity (Wildman–Crippen MR) is 208 cm³/mol. The van der Waals surface area contributed by atoms with E-state index in [0.717, 1.165) is 39.9 Å². The molecule has 0 amide bonds. The van der Waals surface area contributed by atoms with Crippen molar-refractivity contribution in [3.8, 4) is 22.6 Å². The Labute approximate surface area is 292 Å². The largest absolute Gasteiger partial charge is 0.453 e. The lowest BCUT2D eigenvalue weighted by Crippen LogP contribution is -2.34. The number of hydrogen-bond donors (Lipinski definition) is 0. The van der Waals surface area contributed by atoms with Crippen molar-refractivity contribution in [3.63, 3.8) is 0 Å². The maximum Gasteiger partial charge on any atom is 0.152 e. The van der Waals surface area contributed by atoms with E-state index in [2.05, 4.69) is 194 Å². The number of nitrogens with zero attached hydrogens (tertiary/aromatic N) is 2. The summed E-state index contributed by atoms with van der Waals surface area (Å²) < 4.78 is 6.85. The third kappa shape index (κ3) is 4.23. The Morgan fingerprint density at radius 1 is 0.500 bits per heavy atom. The highest BCUT2D eigenvalue weighted by Crippen LogP contribution is 2.63. The van der Waals surface area contributed by atoms with Gasteiger partial charge in [-0.05, 0) is 81.4 Å². The van der Waals surface area contributed by atoms with Crippen LogP contribution in [0.25, 0.3) is 32.7 Å². The molecule has 2 heterocycles. The van der Waals surface area contributed by atoms with Gasteiger partial charge in [0.1, 0.15) is 0 Å². The van der Waals surface area contributed by atoms with Crippen LogP contribution in [0.5, 0.6) is 11.5 Å². The van der Waals surface area contributed by atoms with Crippen LogP contribution in [-0.4, -0.2) is 0 Å². The van der Waals surface area contributed by atoms with Crippen LogP contribution in [0.15, 0.2) is 170 Å². The molecule has 0 N–H and O–H groups in total. The molecule has 0 radical (unpaired) electrons. The van der Waals surface area contributed by atoms with Crippen molar-refractivity contribution < 1.29 is 4.74 Å². The molecule has 8 aromatic rings. The number of para-hydroxylation sites is 1. The Morgan fingerprint density at radius 2 is 1.12 bits per heavy atom. The fourth-order valence-corrected chi connectivity index (χ4v) is 8.20. The highest BCUT2D eigenvalue weighted by molar-refractivity contribution is 6.07. The van der Waals surface area contributed by atoms with Gasteiger partial charge in [0, 0.05) is 27.7 Å². The highest BCUT2D eigenvalue weighted by atomic mass is 16.5. The van der Waals surface area contributed by atoms with E-state index in [-0.39, 0.29) is 5.41 Å². The van der Waals surface area contributed by atoms with Gasteiger partial charge in [-0.3, -0.25) is 0 Å². The van der Waals surface area contributed by atoms with Crippen LogP contribution < -0.4 is 14.5 Å². The molecule has 0 saturated carbocycles. The molecule has 238 valence electrons. The SMILES string of the molecule is CC1(C)c2ccccc2N2c3c(ccc(N(c4ccc(-c5ccccc5)cc4)c4ccc5ccccc5c4)c31)Oc1ccc3ccccc3c12. The Balaban J connectivity index is 1.26. The van der Waals surface area contributed by atoms with E-state index < -0.39 is 0 Å². The van der Waals surface area contributed by atoms with Gasteiger partial charge in [-0.15, -0.1) is 0 Å². The summed E-state index contributed by atoms with van der Waals surface area (Å²) in [5.74, 6) is 1.74. The molecule has 0 saturated heterocycles. The minimum absolute atomic E-state index is 0.349. The number of hydrogen-bond acceptors (Lipinski definition) is 3. The molecule has 50 heavy (non-hydrogen) atoms. The molecule has 0 atom stereocenters. The lowest BCUT2D eigenvalue weighted by molar-refractivity contribution is 0.472. The smallest absolute Gasteiger partial charge is 0.152 e. The van der Waals surface area contributed by atoms with Gasteiger partial charge in [0.05, 0.1) is 22.7 Å². The molecule has 0 bridgehead atoms. The summed E-state index contributed by atoms with van der Waals surface area (Å²) in [4.78, 5) is 4.90. The minimum atomic E-state index is -0.349. The maximum atomic E-state index is 6.85. The average Bonchev–Trinajstić information content (AvgIpc) is 3.17. The zero-order chi connectivity index (χ0) is 33.4. The monoisotopic (exact) mass is 642 g/mol. The third-order valence-corrected chi connectivity index (χ3v) is 10.6. The molecule has 3 nitrogen and oxygen atoms in total. The molecule has 0 aliphatic carbocycles. The Hall–Kier alpha value is -6.32. The summed E-state index contributed by atoms with van der Waals surface area (Å²) in [6.45, 7) is 4.72. The zero-order valence-electron chi connectivity index (χ0n) is 28.0. The standard InChI is InChI=1S/C47H34N2O/c1-47(2)39-18-10-11-19-40(39)49-45-38-17-9-8-15-34(38)23-28-42(45)50-43-29-27-41(44(47)46(43)49)48(37-26-22-32-14-6-7-16-35(32)30-37)36-24-20-33(21-25-36)31-12-4-3-5-13-31/h3-30H,1-2H3. The normalized spacial score (nSPS) is 13.7. The van der Waals surface area contributed by atoms with E-state index in [1.54, 1.807) is 0 Å². The van der Waals surface area contributed by atoms with Crippen LogP contribution in [0.1, 0.15) is 25.0 Å². The van der Waals surface area contributed by atoms with Crippen LogP contribution in [0, 0.1) is 0 Å². The quantitative estimate of drug-likeness (QED) is 0.190. The second-order valence-electron chi connectivity index (χ2n) is 13.8. The van der Waals surface area contributed by atoms with Crippen molar-refractivity contribution >= 4 is 55.7 Å². The van der Waals surface area contributed by atoms with E-state index in [0.29, 0.717) is 0 Å². The van der Waals surface area contributed by atoms with Crippen molar-refractivity contribution in [2.24, 2.45) is 0 Å². The van der Waals surface area contributed by atoms with E-state index in [4.69, 9.17) is 4.74 Å². The fourth-order valence-electron chi connectivity index (χ4n) is 8.20. The van der Waals surface area contributed by atoms with Gasteiger partial charge in [-0.25, -0.2) is 0 Å². The molecule has 2 aliphatic rings. The first kappa shape index (κ1) is 28.7. The van der Waals surface area contributed by atoms with E-state index >= 15 is 0 Å². The zero-order valence-corrected chi connectivity index (χ0v) is 28.0. The maximum absolute atomic E-state index is 6.85. The van der Waals surface area contributed by atoms with E-state index in [9.17, 15) is 0 Å². The second-order valence-corrected chi connectivity index (χ2v) is 13.8. The van der Waals surface area contributed by atoms with Gasteiger partial charge in [-0.1, -0.05) is 135 Å². The summed E-state index contributed by atoms with van der Waals surface area (Å²) in [6.07, 6.45) is 0. The lowest BCUT2D eigenvalue weighted by Gasteiger charge is -2.47. The predicted octanol–water partition coefficient (Wildman–Crippen LogP) is 13.3. The summed E-state index contributed by atoms with van der Waals surface area (Å²) in [5.41, 5.74) is 11.3. The number of ether oxygens (including phenoxy) is 1. The number of anilines is 6. The molecule has 0 spiro atoms. The van der Waals surface area contributed by atoms with Crippen LogP contribution in [0.3, 0.4) is 0 Å². The first-order valence-corrected chi connectivity index (χ1v) is 17.3. The highest BCUT2D eigenvalue weighted by Gasteiger charge is 2.44. The number of benzene rings is 8. The van der Waals surface area contributed by atoms with Crippen molar-refractivity contribution in [2.75, 3.05) is 9.80 Å². The van der Waals surface area contributed by atoms with Crippen molar-refractivity contribution in [1.82, 2.24) is 0 Å². The molecule has 8 aromatic carbocycles. The summed E-state index contributed by atoms with van der Waals surface area (Å²) in [5, 5.41) is 4.79. The van der Waals surface area contributed by atoms with E-state index in [1.165, 1.54) is 49.5 Å². The van der Waals surface area contributed by atoms with Crippen LogP contribution >= 0.6 is 0 Å². The molecule has 0 fully saturated rings. The molecule has 3 heteroatoms. The first-order chi connectivity index (χ1) is 24.6. The van der Waals surface area contributed by atoms with Crippen molar-refractivity contribution in [1.29, 1.82) is 0 Å². The van der Waals surface area contributed by atoms with E-state index in [1.807, 2.05) is 0 Å². The van der Waals surface area contributed by atoms with Crippen LogP contribution in [0.4, 0.5) is 34.1 Å². The minimum Gasteiger partial charge on any atom is -0.453 e. The van der Waals surface area contributed by atoms with Crippen molar-refractivity contribution in [2.45, 2.75) is 19.3 Å². The van der Waals surface area contributed by atoms with Crippen LogP contribution in [0.2, 0.25) is 0 Å². The van der Waals surface area contributed by atoms with Gasteiger partial charge in [-0.2, -0.15) is 0 Å². The Kier molecular flexibility index (Phi) is 6.22. The Morgan fingerprint density at radius 3 is 1.96 bits per heavy atom. The molecule has 2 aliphatic heterocycles. The second kappa shape index (κ2) is 10.8.